The largest absolute Gasteiger partial charge is 0.462 e. The zero-order chi connectivity index (χ0) is 13.7. The molecule has 1 atom stereocenters. The standard InChI is InChI=1S/C15H22N2O2.ClH/c1-17-10-2-4-14(17)5-3-11-19-15(18)12-6-8-13(16)9-7-12;/h6-9,14H,2-5,10-11,16H2,1H3;1H. The number of hydrogen-bond acceptors (Lipinski definition) is 4. The second-order valence-electron chi connectivity index (χ2n) is 5.18. The predicted molar refractivity (Wildman–Crippen MR) is 83.3 cm³/mol. The lowest BCUT2D eigenvalue weighted by atomic mass is 10.1. The van der Waals surface area contributed by atoms with Gasteiger partial charge in [0.15, 0.2) is 0 Å². The molecule has 5 heteroatoms. The van der Waals surface area contributed by atoms with Gasteiger partial charge in [0, 0.05) is 11.7 Å². The smallest absolute Gasteiger partial charge is 0.338 e. The minimum atomic E-state index is -0.264. The van der Waals surface area contributed by atoms with Gasteiger partial charge in [0.05, 0.1) is 12.2 Å². The number of esters is 1. The molecule has 20 heavy (non-hydrogen) atoms. The minimum absolute atomic E-state index is 0. The molecule has 0 aliphatic carbocycles. The molecule has 1 aromatic rings. The summed E-state index contributed by atoms with van der Waals surface area (Å²) in [7, 11) is 2.16. The summed E-state index contributed by atoms with van der Waals surface area (Å²) in [5.74, 6) is -0.264. The number of nitrogen functional groups attached to an aromatic ring is 1. The van der Waals surface area contributed by atoms with Crippen LogP contribution in [-0.2, 0) is 4.74 Å². The van der Waals surface area contributed by atoms with E-state index in [0.29, 0.717) is 23.9 Å². The molecule has 0 radical (unpaired) electrons. The van der Waals surface area contributed by atoms with Crippen LogP contribution >= 0.6 is 12.4 Å². The number of carbonyl (C=O) groups excluding carboxylic acids is 1. The van der Waals surface area contributed by atoms with Crippen LogP contribution in [0, 0.1) is 0 Å². The number of nitrogens with two attached hydrogens (primary N) is 1. The lowest BCUT2D eigenvalue weighted by Crippen LogP contribution is -2.25. The van der Waals surface area contributed by atoms with Crippen molar-refractivity contribution in [3.63, 3.8) is 0 Å². The lowest BCUT2D eigenvalue weighted by molar-refractivity contribution is 0.0492. The summed E-state index contributed by atoms with van der Waals surface area (Å²) < 4.78 is 5.26. The fraction of sp³-hybridized carbons (Fsp3) is 0.533. The van der Waals surface area contributed by atoms with Crippen molar-refractivity contribution in [3.05, 3.63) is 29.8 Å². The van der Waals surface area contributed by atoms with Crippen LogP contribution in [0.3, 0.4) is 0 Å². The summed E-state index contributed by atoms with van der Waals surface area (Å²) in [5.41, 5.74) is 6.79. The molecule has 1 fully saturated rings. The first-order valence-corrected chi connectivity index (χ1v) is 6.90. The average molecular weight is 299 g/mol. The molecule has 0 spiro atoms. The van der Waals surface area contributed by atoms with Crippen molar-refractivity contribution in [2.45, 2.75) is 31.7 Å². The zero-order valence-electron chi connectivity index (χ0n) is 11.9. The van der Waals surface area contributed by atoms with Gasteiger partial charge in [-0.3, -0.25) is 0 Å². The van der Waals surface area contributed by atoms with Gasteiger partial charge < -0.3 is 15.4 Å². The van der Waals surface area contributed by atoms with Crippen molar-refractivity contribution in [3.8, 4) is 0 Å². The highest BCUT2D eigenvalue weighted by Crippen LogP contribution is 2.19. The lowest BCUT2D eigenvalue weighted by Gasteiger charge is -2.18. The van der Waals surface area contributed by atoms with Crippen molar-refractivity contribution in [2.75, 3.05) is 25.9 Å². The number of halogens is 1. The van der Waals surface area contributed by atoms with Crippen LogP contribution in [0.1, 0.15) is 36.0 Å². The van der Waals surface area contributed by atoms with E-state index >= 15 is 0 Å². The third kappa shape index (κ3) is 4.69. The molecule has 4 nitrogen and oxygen atoms in total. The molecule has 112 valence electrons. The van der Waals surface area contributed by atoms with E-state index in [0.717, 1.165) is 12.8 Å². The van der Waals surface area contributed by atoms with Crippen LogP contribution in [0.4, 0.5) is 5.69 Å². The topological polar surface area (TPSA) is 55.6 Å². The van der Waals surface area contributed by atoms with Gasteiger partial charge >= 0.3 is 5.97 Å². The van der Waals surface area contributed by atoms with Crippen LogP contribution < -0.4 is 5.73 Å². The summed E-state index contributed by atoms with van der Waals surface area (Å²) in [6, 6.07) is 7.48. The molecule has 0 saturated carbocycles. The van der Waals surface area contributed by atoms with Crippen LogP contribution in [-0.4, -0.2) is 37.1 Å². The Labute approximate surface area is 126 Å². The zero-order valence-corrected chi connectivity index (χ0v) is 12.7. The SMILES string of the molecule is CN1CCCC1CCCOC(=O)c1ccc(N)cc1.Cl. The van der Waals surface area contributed by atoms with Gasteiger partial charge in [-0.15, -0.1) is 12.4 Å². The average Bonchev–Trinajstić information content (AvgIpc) is 2.81. The second kappa shape index (κ2) is 8.12. The molecule has 0 aromatic heterocycles. The maximum absolute atomic E-state index is 11.7. The summed E-state index contributed by atoms with van der Waals surface area (Å²) in [6.45, 7) is 1.68. The van der Waals surface area contributed by atoms with E-state index in [2.05, 4.69) is 11.9 Å². The van der Waals surface area contributed by atoms with Gasteiger partial charge in [-0.05, 0) is 63.5 Å². The highest BCUT2D eigenvalue weighted by atomic mass is 35.5. The molecule has 1 aromatic carbocycles. The first-order chi connectivity index (χ1) is 9.16. The van der Waals surface area contributed by atoms with Crippen molar-refractivity contribution < 1.29 is 9.53 Å². The van der Waals surface area contributed by atoms with Crippen molar-refractivity contribution in [1.29, 1.82) is 0 Å². The van der Waals surface area contributed by atoms with Gasteiger partial charge in [0.25, 0.3) is 0 Å². The number of anilines is 1. The minimum Gasteiger partial charge on any atom is -0.462 e. The first kappa shape index (κ1) is 16.8. The van der Waals surface area contributed by atoms with Gasteiger partial charge in [0.1, 0.15) is 0 Å². The number of benzene rings is 1. The molecule has 1 heterocycles. The van der Waals surface area contributed by atoms with Gasteiger partial charge in [-0.25, -0.2) is 4.79 Å². The van der Waals surface area contributed by atoms with E-state index in [1.54, 1.807) is 24.3 Å². The van der Waals surface area contributed by atoms with Crippen molar-refractivity contribution in [1.82, 2.24) is 4.90 Å². The van der Waals surface area contributed by atoms with E-state index in [1.807, 2.05) is 0 Å². The third-order valence-corrected chi connectivity index (χ3v) is 3.73. The quantitative estimate of drug-likeness (QED) is 0.516. The summed E-state index contributed by atoms with van der Waals surface area (Å²) in [6.07, 6.45) is 4.58. The Morgan fingerprint density at radius 3 is 2.70 bits per heavy atom. The van der Waals surface area contributed by atoms with Crippen LogP contribution in [0.25, 0.3) is 0 Å². The normalized spacial score (nSPS) is 18.6. The Hall–Kier alpha value is -1.26. The van der Waals surface area contributed by atoms with Crippen LogP contribution in [0.15, 0.2) is 24.3 Å². The van der Waals surface area contributed by atoms with E-state index in [-0.39, 0.29) is 18.4 Å². The molecule has 1 aliphatic rings. The molecular formula is C15H23ClN2O2. The maximum atomic E-state index is 11.7. The first-order valence-electron chi connectivity index (χ1n) is 6.90. The molecular weight excluding hydrogens is 276 g/mol. The fourth-order valence-electron chi connectivity index (χ4n) is 2.53. The van der Waals surface area contributed by atoms with Gasteiger partial charge in [-0.2, -0.15) is 0 Å². The number of ether oxygens (including phenoxy) is 1. The van der Waals surface area contributed by atoms with E-state index in [9.17, 15) is 4.79 Å². The number of carbonyl (C=O) groups is 1. The molecule has 2 N–H and O–H groups in total. The van der Waals surface area contributed by atoms with E-state index < -0.39 is 0 Å². The Morgan fingerprint density at radius 1 is 1.40 bits per heavy atom. The monoisotopic (exact) mass is 298 g/mol. The molecule has 1 aliphatic heterocycles. The summed E-state index contributed by atoms with van der Waals surface area (Å²) in [4.78, 5) is 14.1. The summed E-state index contributed by atoms with van der Waals surface area (Å²) in [5, 5.41) is 0. The molecule has 0 amide bonds. The van der Waals surface area contributed by atoms with Gasteiger partial charge in [0.2, 0.25) is 0 Å². The molecule has 1 unspecified atom stereocenters. The van der Waals surface area contributed by atoms with Crippen LogP contribution in [0.2, 0.25) is 0 Å². The number of rotatable bonds is 5. The maximum Gasteiger partial charge on any atom is 0.338 e. The van der Waals surface area contributed by atoms with E-state index in [4.69, 9.17) is 10.5 Å². The highest BCUT2D eigenvalue weighted by molar-refractivity contribution is 5.89. The molecule has 2 rings (SSSR count). The number of hydrogen-bond donors (Lipinski definition) is 1. The van der Waals surface area contributed by atoms with Crippen LogP contribution in [0.5, 0.6) is 0 Å². The van der Waals surface area contributed by atoms with Gasteiger partial charge in [-0.1, -0.05) is 0 Å². The summed E-state index contributed by atoms with van der Waals surface area (Å²) >= 11 is 0. The predicted octanol–water partition coefficient (Wildman–Crippen LogP) is 2.72. The Morgan fingerprint density at radius 2 is 2.10 bits per heavy atom. The molecule has 0 bridgehead atoms. The number of likely N-dealkylation sites (tertiary alicyclic amines) is 1. The Bertz CT molecular complexity index is 422. The van der Waals surface area contributed by atoms with Crippen molar-refractivity contribution in [2.24, 2.45) is 0 Å². The molecule has 1 saturated heterocycles. The third-order valence-electron chi connectivity index (χ3n) is 3.73. The highest BCUT2D eigenvalue weighted by Gasteiger charge is 2.20. The van der Waals surface area contributed by atoms with E-state index in [1.165, 1.54) is 19.4 Å². The Kier molecular flexibility index (Phi) is 6.82. The Balaban J connectivity index is 0.00000200. The van der Waals surface area contributed by atoms with Crippen molar-refractivity contribution >= 4 is 24.1 Å². The number of nitrogens with zero attached hydrogens (tertiary/aromatic N) is 1. The second-order valence-corrected chi connectivity index (χ2v) is 5.18. The fourth-order valence-corrected chi connectivity index (χ4v) is 2.53.